The second-order valence-corrected chi connectivity index (χ2v) is 27.1. The number of benzene rings is 4. The van der Waals surface area contributed by atoms with Crippen molar-refractivity contribution < 1.29 is 156 Å². The second kappa shape index (κ2) is 43.9. The molecule has 2 unspecified atom stereocenters. The molecule has 2 atom stereocenters. The van der Waals surface area contributed by atoms with Gasteiger partial charge in [0.1, 0.15) is 47.3 Å². The third-order valence-corrected chi connectivity index (χ3v) is 15.9. The number of carbonyl (C=O) groups excluding carboxylic acids is 8. The molecular weight excluding hydrogens is 1510 g/mol. The zero-order chi connectivity index (χ0) is 84.5. The maximum Gasteiger partial charge on any atom is 0.425 e. The number of rotatable bonds is 36. The van der Waals surface area contributed by atoms with Crippen LogP contribution >= 0.6 is 0 Å². The van der Waals surface area contributed by atoms with Crippen molar-refractivity contribution in [3.63, 3.8) is 0 Å². The van der Waals surface area contributed by atoms with Crippen LogP contribution in [0, 0.1) is 21.7 Å². The molecule has 2 N–H and O–H groups in total. The molecule has 0 aliphatic carbocycles. The summed E-state index contributed by atoms with van der Waals surface area (Å²) in [7, 11) is 0. The number of nitrogens with one attached hydrogen (secondary N) is 2. The lowest BCUT2D eigenvalue weighted by Gasteiger charge is -2.21. The van der Waals surface area contributed by atoms with Crippen LogP contribution in [0.4, 0.5) is 81.6 Å². The average Bonchev–Trinajstić information content (AvgIpc) is 0.885. The first-order valence-electron chi connectivity index (χ1n) is 34.1. The van der Waals surface area contributed by atoms with Crippen molar-refractivity contribution in [2.75, 3.05) is 50.3 Å². The predicted octanol–water partition coefficient (Wildman–Crippen LogP) is 18.5. The Kier molecular flexibility index (Phi) is 39.4. The third-order valence-electron chi connectivity index (χ3n) is 15.9. The van der Waals surface area contributed by atoms with Crippen molar-refractivity contribution in [1.82, 2.24) is 0 Å². The molecule has 0 heterocycles. The fraction of sp³-hybridized carbons (Fsp3) is 0.568. The summed E-state index contributed by atoms with van der Waals surface area (Å²) in [6.45, 7) is 20.2. The number of alkyl halides is 16. The minimum atomic E-state index is -4.96. The second-order valence-electron chi connectivity index (χ2n) is 27.1. The van der Waals surface area contributed by atoms with E-state index < -0.39 is 172 Å². The number of hydrogen-bond donors (Lipinski definition) is 2. The van der Waals surface area contributed by atoms with Crippen LogP contribution < -0.4 is 39.1 Å². The highest BCUT2D eigenvalue weighted by atomic mass is 19.4. The molecule has 36 heteroatoms. The standard InChI is InChI=1S/C20H26F5NO4.C20H25F5O5.C17H22F3NO4.C17H21F3O5/c1-4-18(2,3)17(28)26-14-6-8-15(9-7-14)30-12-16(27)29-11-5-10-19(21,22)13-20(23,24)25;1-4-18(2,3)17(27)30-15-8-6-14(7-9-15)29-12-16(26)28-11-5-10-19(21,22)13-20(23,24)25;1-5-16(3,4)15(23)21-12-6-8-13(9-7-12)24-10-14(22)25-11(2)17(18,19)20;1-5-16(3,4)15(22)25-13-8-6-12(7-9-13)23-10-14(21)24-11(2)17(18,19)20/h6-9H,4-5,10-13H2,1-3H3,(H,26,28);6-9H,4-5,10-13H2,1-3H3;6-9,11H,5,10H2,1-4H3,(H,21,23);6-9,11H,5,10H2,1-4H3. The highest BCUT2D eigenvalue weighted by molar-refractivity contribution is 5.95. The maximum absolute atomic E-state index is 13.1. The van der Waals surface area contributed by atoms with Crippen molar-refractivity contribution in [1.29, 1.82) is 0 Å². The Hall–Kier alpha value is -9.28. The molecule has 0 fully saturated rings. The topological polar surface area (TPSA) is 253 Å². The van der Waals surface area contributed by atoms with Gasteiger partial charge < -0.3 is 58.0 Å². The van der Waals surface area contributed by atoms with E-state index in [0.717, 1.165) is 13.8 Å². The summed E-state index contributed by atoms with van der Waals surface area (Å²) in [5.74, 6) is -11.1. The number of anilines is 2. The molecule has 0 aliphatic rings. The van der Waals surface area contributed by atoms with Crippen molar-refractivity contribution in [2.24, 2.45) is 21.7 Å². The van der Waals surface area contributed by atoms with E-state index in [0.29, 0.717) is 54.3 Å². The molecule has 20 nitrogen and oxygen atoms in total. The molecule has 620 valence electrons. The number of halogens is 16. The van der Waals surface area contributed by atoms with Gasteiger partial charge in [0.15, 0.2) is 38.6 Å². The van der Waals surface area contributed by atoms with Gasteiger partial charge in [0, 0.05) is 35.0 Å². The van der Waals surface area contributed by atoms with Crippen molar-refractivity contribution in [2.45, 2.75) is 210 Å². The molecule has 0 spiro atoms. The molecule has 110 heavy (non-hydrogen) atoms. The molecule has 0 bridgehead atoms. The van der Waals surface area contributed by atoms with Gasteiger partial charge in [-0.1, -0.05) is 55.4 Å². The maximum atomic E-state index is 13.1. The molecule has 0 saturated heterocycles. The largest absolute Gasteiger partial charge is 0.482 e. The predicted molar refractivity (Wildman–Crippen MR) is 367 cm³/mol. The SMILES string of the molecule is CCC(C)(C)C(=O)Nc1ccc(OCC(=O)OC(C)C(F)(F)F)cc1.CCC(C)(C)C(=O)Nc1ccc(OCC(=O)OCCCC(F)(F)CC(F)(F)F)cc1.CCC(C)(C)C(=O)Oc1ccc(OCC(=O)OC(C)C(F)(F)F)cc1.CCC(C)(C)C(=O)Oc1ccc(OCC(=O)OCCCC(F)(F)CC(F)(F)F)cc1. The summed E-state index contributed by atoms with van der Waals surface area (Å²) in [6, 6.07) is 24.0. The Morgan fingerprint density at radius 2 is 0.582 bits per heavy atom. The van der Waals surface area contributed by atoms with Gasteiger partial charge in [-0.15, -0.1) is 0 Å². The van der Waals surface area contributed by atoms with Gasteiger partial charge in [0.05, 0.1) is 24.0 Å². The third kappa shape index (κ3) is 41.5. The van der Waals surface area contributed by atoms with Crippen LogP contribution in [0.1, 0.15) is 161 Å². The normalized spacial score (nSPS) is 12.7. The van der Waals surface area contributed by atoms with Gasteiger partial charge in [0.2, 0.25) is 11.8 Å². The van der Waals surface area contributed by atoms with Gasteiger partial charge in [-0.05, 0) is 177 Å². The van der Waals surface area contributed by atoms with Gasteiger partial charge in [0.25, 0.3) is 11.8 Å². The number of carbonyl (C=O) groups is 8. The van der Waals surface area contributed by atoms with Crippen LogP contribution in [-0.4, -0.2) is 136 Å². The van der Waals surface area contributed by atoms with Crippen molar-refractivity contribution in [3.8, 4) is 34.5 Å². The summed E-state index contributed by atoms with van der Waals surface area (Å²) in [6.07, 6.45) is -28.3. The Morgan fingerprint density at radius 3 is 0.818 bits per heavy atom. The van der Waals surface area contributed by atoms with E-state index in [9.17, 15) is 109 Å². The zero-order valence-corrected chi connectivity index (χ0v) is 63.1. The van der Waals surface area contributed by atoms with Gasteiger partial charge in [-0.25, -0.2) is 36.7 Å². The minimum Gasteiger partial charge on any atom is -0.482 e. The summed E-state index contributed by atoms with van der Waals surface area (Å²) in [4.78, 5) is 93.8. The summed E-state index contributed by atoms with van der Waals surface area (Å²) >= 11 is 0. The molecule has 4 aromatic carbocycles. The van der Waals surface area contributed by atoms with Crippen LogP contribution in [0.25, 0.3) is 0 Å². The van der Waals surface area contributed by atoms with E-state index in [4.69, 9.17) is 28.4 Å². The molecule has 0 aromatic heterocycles. The van der Waals surface area contributed by atoms with Crippen molar-refractivity contribution >= 4 is 59.0 Å². The lowest BCUT2D eigenvalue weighted by atomic mass is 9.89. The zero-order valence-electron chi connectivity index (χ0n) is 63.1. The van der Waals surface area contributed by atoms with E-state index >= 15 is 0 Å². The molecule has 2 amide bonds. The first-order chi connectivity index (χ1) is 50.4. The molecule has 4 rings (SSSR count). The fourth-order valence-corrected chi connectivity index (χ4v) is 7.22. The summed E-state index contributed by atoms with van der Waals surface area (Å²) in [5, 5.41) is 5.52. The summed E-state index contributed by atoms with van der Waals surface area (Å²) in [5.41, 5.74) is -1.17. The summed E-state index contributed by atoms with van der Waals surface area (Å²) < 4.78 is 247. The Balaban J connectivity index is 0.000000736. The van der Waals surface area contributed by atoms with E-state index in [1.807, 2.05) is 55.4 Å². The molecule has 0 radical (unpaired) electrons. The van der Waals surface area contributed by atoms with Gasteiger partial charge >= 0.3 is 60.5 Å². The van der Waals surface area contributed by atoms with Crippen LogP contribution in [0.3, 0.4) is 0 Å². The number of esters is 6. The van der Waals surface area contributed by atoms with E-state index in [1.54, 1.807) is 52.0 Å². The van der Waals surface area contributed by atoms with Crippen LogP contribution in [0.15, 0.2) is 97.1 Å². The smallest absolute Gasteiger partial charge is 0.425 e. The molecule has 4 aromatic rings. The first kappa shape index (κ1) is 98.7. The van der Waals surface area contributed by atoms with E-state index in [-0.39, 0.29) is 41.0 Å². The van der Waals surface area contributed by atoms with Crippen molar-refractivity contribution in [3.05, 3.63) is 97.1 Å². The highest BCUT2D eigenvalue weighted by Crippen LogP contribution is 2.37. The lowest BCUT2D eigenvalue weighted by Crippen LogP contribution is -2.32. The first-order valence-corrected chi connectivity index (χ1v) is 34.1. The Morgan fingerprint density at radius 1 is 0.345 bits per heavy atom. The van der Waals surface area contributed by atoms with Gasteiger partial charge in [-0.2, -0.15) is 52.7 Å². The van der Waals surface area contributed by atoms with Crippen LogP contribution in [0.2, 0.25) is 0 Å². The van der Waals surface area contributed by atoms with E-state index in [1.165, 1.54) is 72.8 Å². The number of ether oxygens (including phenoxy) is 10. The monoisotopic (exact) mass is 1600 g/mol. The van der Waals surface area contributed by atoms with Crippen LogP contribution in [-0.2, 0) is 57.3 Å². The quantitative estimate of drug-likeness (QED) is 0.0141. The molecule has 0 saturated carbocycles. The molecule has 0 aliphatic heterocycles. The molecular formula is C74H94F16N2O18. The van der Waals surface area contributed by atoms with E-state index in [2.05, 4.69) is 29.6 Å². The fourth-order valence-electron chi connectivity index (χ4n) is 7.22. The Labute approximate surface area is 626 Å². The highest BCUT2D eigenvalue weighted by Gasteiger charge is 2.45. The average molecular weight is 1600 g/mol. The Bertz CT molecular complexity index is 3280. The number of amides is 2. The lowest BCUT2D eigenvalue weighted by molar-refractivity contribution is -0.217. The minimum absolute atomic E-state index is 0.131. The van der Waals surface area contributed by atoms with Gasteiger partial charge in [-0.3, -0.25) is 19.2 Å². The number of hydrogen-bond acceptors (Lipinski definition) is 18. The van der Waals surface area contributed by atoms with Crippen LogP contribution in [0.5, 0.6) is 34.5 Å².